The molecule has 0 heterocycles. The average Bonchev–Trinajstić information content (AvgIpc) is 2.72. The molecule has 0 amide bonds. The van der Waals surface area contributed by atoms with Crippen LogP contribution in [-0.4, -0.2) is 19.2 Å². The second-order valence-corrected chi connectivity index (χ2v) is 7.35. The number of hydrogen-bond donors (Lipinski definition) is 0. The monoisotopic (exact) mass is 534 g/mol. The number of esters is 1. The maximum absolute atomic E-state index is 13.1. The van der Waals surface area contributed by atoms with Crippen molar-refractivity contribution in [2.24, 2.45) is 0 Å². The number of carbonyl (C=O) groups excluding carboxylic acids is 1. The van der Waals surface area contributed by atoms with Crippen molar-refractivity contribution in [3.05, 3.63) is 75.3 Å². The SMILES string of the molecule is CCOC(=O)C(OC/C=C\c1cc(C(F)(F)F)cc(C(F)(F)F)c1)c1cc(C(F)(F)F)ccc1Cl. The first kappa shape index (κ1) is 28.5. The van der Waals surface area contributed by atoms with Gasteiger partial charge in [-0.05, 0) is 48.9 Å². The van der Waals surface area contributed by atoms with Gasteiger partial charge in [0.25, 0.3) is 0 Å². The van der Waals surface area contributed by atoms with Crippen LogP contribution < -0.4 is 0 Å². The average molecular weight is 535 g/mol. The molecular weight excluding hydrogens is 519 g/mol. The molecule has 2 aromatic rings. The van der Waals surface area contributed by atoms with Gasteiger partial charge in [-0.1, -0.05) is 23.8 Å². The Labute approximate surface area is 198 Å². The van der Waals surface area contributed by atoms with Crippen molar-refractivity contribution in [2.75, 3.05) is 13.2 Å². The molecule has 0 N–H and O–H groups in total. The zero-order valence-electron chi connectivity index (χ0n) is 17.6. The summed E-state index contributed by atoms with van der Waals surface area (Å²) in [5.74, 6) is -1.10. The summed E-state index contributed by atoms with van der Waals surface area (Å²) in [6.45, 7) is 0.678. The summed E-state index contributed by atoms with van der Waals surface area (Å²) in [5.41, 5.74) is -5.05. The van der Waals surface area contributed by atoms with E-state index in [0.29, 0.717) is 24.3 Å². The van der Waals surface area contributed by atoms with Gasteiger partial charge in [-0.15, -0.1) is 0 Å². The topological polar surface area (TPSA) is 35.5 Å². The van der Waals surface area contributed by atoms with Crippen LogP contribution in [0, 0.1) is 0 Å². The minimum Gasteiger partial charge on any atom is -0.464 e. The van der Waals surface area contributed by atoms with E-state index < -0.39 is 59.5 Å². The van der Waals surface area contributed by atoms with Gasteiger partial charge >= 0.3 is 24.5 Å². The quantitative estimate of drug-likeness (QED) is 0.269. The van der Waals surface area contributed by atoms with E-state index in [2.05, 4.69) is 0 Å². The summed E-state index contributed by atoms with van der Waals surface area (Å²) >= 11 is 5.93. The fourth-order valence-corrected chi connectivity index (χ4v) is 3.05. The van der Waals surface area contributed by atoms with Crippen LogP contribution in [-0.2, 0) is 32.8 Å². The third kappa shape index (κ3) is 7.89. The predicted octanol–water partition coefficient (Wildman–Crippen LogP) is 7.73. The lowest BCUT2D eigenvalue weighted by molar-refractivity contribution is -0.156. The van der Waals surface area contributed by atoms with E-state index in [1.54, 1.807) is 0 Å². The molecule has 0 aliphatic rings. The summed E-state index contributed by atoms with van der Waals surface area (Å²) in [5, 5.41) is -0.257. The second-order valence-electron chi connectivity index (χ2n) is 6.94. The molecule has 0 spiro atoms. The van der Waals surface area contributed by atoms with E-state index in [0.717, 1.165) is 18.2 Å². The highest BCUT2D eigenvalue weighted by atomic mass is 35.5. The van der Waals surface area contributed by atoms with Crippen LogP contribution in [0.15, 0.2) is 42.5 Å². The molecule has 0 aliphatic heterocycles. The zero-order chi connectivity index (χ0) is 26.6. The van der Waals surface area contributed by atoms with Gasteiger partial charge in [0.15, 0.2) is 6.10 Å². The lowest BCUT2D eigenvalue weighted by Crippen LogP contribution is -2.20. The van der Waals surface area contributed by atoms with E-state index in [-0.39, 0.29) is 23.3 Å². The highest BCUT2D eigenvalue weighted by molar-refractivity contribution is 6.31. The molecular formula is C22H16ClF9O3. The maximum Gasteiger partial charge on any atom is 0.416 e. The van der Waals surface area contributed by atoms with Gasteiger partial charge in [0.1, 0.15) is 0 Å². The Kier molecular flexibility index (Phi) is 8.88. The molecule has 0 aliphatic carbocycles. The third-order valence-electron chi connectivity index (χ3n) is 4.39. The number of benzene rings is 2. The number of rotatable bonds is 7. The number of alkyl halides is 9. The van der Waals surface area contributed by atoms with Crippen LogP contribution in [0.4, 0.5) is 39.5 Å². The highest BCUT2D eigenvalue weighted by Crippen LogP contribution is 2.37. The molecule has 13 heteroatoms. The van der Waals surface area contributed by atoms with Crippen molar-refractivity contribution < 1.29 is 53.8 Å². The zero-order valence-corrected chi connectivity index (χ0v) is 18.4. The van der Waals surface area contributed by atoms with Crippen molar-refractivity contribution in [1.82, 2.24) is 0 Å². The Hall–Kier alpha value is -2.73. The molecule has 3 nitrogen and oxygen atoms in total. The standard InChI is InChI=1S/C22H16ClF9O3/c1-2-34-19(33)18(16-11-13(20(24,25)26)5-6-17(16)23)35-7-3-4-12-8-14(21(27,28)29)10-15(9-12)22(30,31)32/h3-6,8-11,18H,2,7H2,1H3/b4-3-. The summed E-state index contributed by atoms with van der Waals surface area (Å²) in [7, 11) is 0. The van der Waals surface area contributed by atoms with Gasteiger partial charge in [-0.2, -0.15) is 39.5 Å². The lowest BCUT2D eigenvalue weighted by Gasteiger charge is -2.19. The van der Waals surface area contributed by atoms with Gasteiger partial charge in [-0.25, -0.2) is 4.79 Å². The third-order valence-corrected chi connectivity index (χ3v) is 4.73. The van der Waals surface area contributed by atoms with Crippen LogP contribution in [0.1, 0.15) is 40.8 Å². The largest absolute Gasteiger partial charge is 0.464 e. The maximum atomic E-state index is 13.1. The number of ether oxygens (including phenoxy) is 2. The summed E-state index contributed by atoms with van der Waals surface area (Å²) in [6, 6.07) is 3.05. The number of halogens is 10. The molecule has 2 aromatic carbocycles. The molecule has 0 aromatic heterocycles. The number of hydrogen-bond acceptors (Lipinski definition) is 3. The lowest BCUT2D eigenvalue weighted by atomic mass is 10.0. The van der Waals surface area contributed by atoms with Crippen molar-refractivity contribution in [2.45, 2.75) is 31.6 Å². The molecule has 0 bridgehead atoms. The Morgan fingerprint density at radius 2 is 1.43 bits per heavy atom. The van der Waals surface area contributed by atoms with Gasteiger partial charge in [-0.3, -0.25) is 0 Å². The second kappa shape index (κ2) is 10.9. The van der Waals surface area contributed by atoms with E-state index >= 15 is 0 Å². The first-order valence-corrected chi connectivity index (χ1v) is 10.0. The van der Waals surface area contributed by atoms with Crippen molar-refractivity contribution >= 4 is 23.6 Å². The molecule has 0 radical (unpaired) electrons. The fourth-order valence-electron chi connectivity index (χ4n) is 2.83. The van der Waals surface area contributed by atoms with E-state index in [1.807, 2.05) is 0 Å². The summed E-state index contributed by atoms with van der Waals surface area (Å²) in [4.78, 5) is 12.3. The van der Waals surface area contributed by atoms with Crippen LogP contribution in [0.25, 0.3) is 6.08 Å². The fraction of sp³-hybridized carbons (Fsp3) is 0.318. The number of carbonyl (C=O) groups is 1. The highest BCUT2D eigenvalue weighted by Gasteiger charge is 2.37. The van der Waals surface area contributed by atoms with Gasteiger partial charge in [0, 0.05) is 10.6 Å². The molecule has 0 saturated heterocycles. The Morgan fingerprint density at radius 3 is 1.91 bits per heavy atom. The normalized spacial score (nSPS) is 13.8. The van der Waals surface area contributed by atoms with Crippen LogP contribution >= 0.6 is 11.6 Å². The predicted molar refractivity (Wildman–Crippen MR) is 107 cm³/mol. The van der Waals surface area contributed by atoms with Crippen LogP contribution in [0.5, 0.6) is 0 Å². The Morgan fingerprint density at radius 1 is 0.886 bits per heavy atom. The minimum absolute atomic E-state index is 0.0414. The van der Waals surface area contributed by atoms with Crippen molar-refractivity contribution in [3.8, 4) is 0 Å². The Balaban J connectivity index is 2.33. The molecule has 192 valence electrons. The summed E-state index contributed by atoms with van der Waals surface area (Å²) < 4.78 is 127. The first-order valence-electron chi connectivity index (χ1n) is 9.65. The molecule has 0 fully saturated rings. The van der Waals surface area contributed by atoms with Crippen molar-refractivity contribution in [3.63, 3.8) is 0 Å². The van der Waals surface area contributed by atoms with E-state index in [1.165, 1.54) is 6.92 Å². The van der Waals surface area contributed by atoms with Crippen LogP contribution in [0.2, 0.25) is 5.02 Å². The molecule has 35 heavy (non-hydrogen) atoms. The van der Waals surface area contributed by atoms with E-state index in [4.69, 9.17) is 21.1 Å². The summed E-state index contributed by atoms with van der Waals surface area (Å²) in [6.07, 6.45) is -14.7. The smallest absolute Gasteiger partial charge is 0.416 e. The first-order chi connectivity index (χ1) is 16.0. The molecule has 1 atom stereocenters. The van der Waals surface area contributed by atoms with Crippen LogP contribution in [0.3, 0.4) is 0 Å². The Bertz CT molecular complexity index is 1040. The van der Waals surface area contributed by atoms with Gasteiger partial charge < -0.3 is 9.47 Å². The molecule has 1 unspecified atom stereocenters. The van der Waals surface area contributed by atoms with Crippen molar-refractivity contribution in [1.29, 1.82) is 0 Å². The molecule has 2 rings (SSSR count). The van der Waals surface area contributed by atoms with E-state index in [9.17, 15) is 44.3 Å². The molecule has 0 saturated carbocycles. The minimum atomic E-state index is -5.05. The van der Waals surface area contributed by atoms with Gasteiger partial charge in [0.2, 0.25) is 0 Å². The van der Waals surface area contributed by atoms with Gasteiger partial charge in [0.05, 0.1) is 29.9 Å².